The highest BCUT2D eigenvalue weighted by atomic mass is 32.1. The molecule has 106 valence electrons. The van der Waals surface area contributed by atoms with Crippen molar-refractivity contribution in [3.05, 3.63) is 35.3 Å². The molecule has 0 aromatic carbocycles. The quantitative estimate of drug-likeness (QED) is 0.871. The molecular formula is C14H18N4OS. The van der Waals surface area contributed by atoms with Crippen molar-refractivity contribution in [2.45, 2.75) is 31.7 Å². The molecule has 2 aromatic rings. The Hall–Kier alpha value is -1.69. The number of nitrogens with zero attached hydrogens (tertiary/aromatic N) is 4. The second kappa shape index (κ2) is 5.75. The molecule has 20 heavy (non-hydrogen) atoms. The van der Waals surface area contributed by atoms with Crippen LogP contribution < -0.4 is 0 Å². The molecule has 1 aliphatic heterocycles. The minimum Gasteiger partial charge on any atom is -0.340 e. The average molecular weight is 290 g/mol. The molecule has 0 aliphatic carbocycles. The fraction of sp³-hybridized carbons (Fsp3) is 0.500. The fourth-order valence-corrected chi connectivity index (χ4v) is 3.47. The standard InChI is InChI=1S/C14H18N4OS/c1-11(18-7-4-15-10-18)14(19)17-6-2-3-12(9-17)13-16-5-8-20-13/h4-5,7-8,10-12H,2-3,6,9H2,1H3. The van der Waals surface area contributed by atoms with Crippen molar-refractivity contribution in [3.8, 4) is 0 Å². The SMILES string of the molecule is CC(C(=O)N1CCCC(c2nccs2)C1)n1ccnc1. The molecule has 0 N–H and O–H groups in total. The highest BCUT2D eigenvalue weighted by Gasteiger charge is 2.29. The summed E-state index contributed by atoms with van der Waals surface area (Å²) in [6, 6.07) is -0.187. The third kappa shape index (κ3) is 2.60. The molecular weight excluding hydrogens is 272 g/mol. The van der Waals surface area contributed by atoms with E-state index in [0.717, 1.165) is 30.9 Å². The normalized spacial score (nSPS) is 20.9. The van der Waals surface area contributed by atoms with Crippen LogP contribution in [-0.4, -0.2) is 38.4 Å². The van der Waals surface area contributed by atoms with Crippen molar-refractivity contribution < 1.29 is 4.79 Å². The summed E-state index contributed by atoms with van der Waals surface area (Å²) in [5.41, 5.74) is 0. The first-order chi connectivity index (χ1) is 9.75. The summed E-state index contributed by atoms with van der Waals surface area (Å²) in [6.45, 7) is 3.56. The minimum atomic E-state index is -0.187. The van der Waals surface area contributed by atoms with Gasteiger partial charge < -0.3 is 9.47 Å². The smallest absolute Gasteiger partial charge is 0.245 e. The summed E-state index contributed by atoms with van der Waals surface area (Å²) >= 11 is 1.69. The van der Waals surface area contributed by atoms with E-state index in [-0.39, 0.29) is 11.9 Å². The van der Waals surface area contributed by atoms with Crippen molar-refractivity contribution in [2.24, 2.45) is 0 Å². The Balaban J connectivity index is 1.69. The highest BCUT2D eigenvalue weighted by molar-refractivity contribution is 7.09. The lowest BCUT2D eigenvalue weighted by Crippen LogP contribution is -2.42. The van der Waals surface area contributed by atoms with Gasteiger partial charge in [-0.05, 0) is 19.8 Å². The maximum atomic E-state index is 12.6. The van der Waals surface area contributed by atoms with E-state index in [1.807, 2.05) is 34.2 Å². The minimum absolute atomic E-state index is 0.171. The van der Waals surface area contributed by atoms with Crippen molar-refractivity contribution >= 4 is 17.2 Å². The number of piperidine rings is 1. The third-order valence-corrected chi connectivity index (χ3v) is 4.80. The van der Waals surface area contributed by atoms with Gasteiger partial charge in [-0.25, -0.2) is 9.97 Å². The summed E-state index contributed by atoms with van der Waals surface area (Å²) in [5.74, 6) is 0.562. The van der Waals surface area contributed by atoms with E-state index in [2.05, 4.69) is 9.97 Å². The van der Waals surface area contributed by atoms with Crippen LogP contribution in [0.25, 0.3) is 0 Å². The summed E-state index contributed by atoms with van der Waals surface area (Å²) < 4.78 is 1.86. The number of likely N-dealkylation sites (tertiary alicyclic amines) is 1. The summed E-state index contributed by atoms with van der Waals surface area (Å²) in [5, 5.41) is 3.15. The van der Waals surface area contributed by atoms with E-state index in [4.69, 9.17) is 0 Å². The van der Waals surface area contributed by atoms with E-state index in [1.165, 1.54) is 0 Å². The predicted molar refractivity (Wildman–Crippen MR) is 77.6 cm³/mol. The Morgan fingerprint density at radius 2 is 2.40 bits per heavy atom. The molecule has 0 saturated carbocycles. The number of thiazole rings is 1. The molecule has 0 spiro atoms. The van der Waals surface area contributed by atoms with Gasteiger partial charge in [-0.1, -0.05) is 0 Å². The molecule has 1 amide bonds. The molecule has 3 rings (SSSR count). The van der Waals surface area contributed by atoms with Crippen LogP contribution in [0.2, 0.25) is 0 Å². The van der Waals surface area contributed by atoms with E-state index in [9.17, 15) is 4.79 Å². The third-order valence-electron chi connectivity index (χ3n) is 3.86. The topological polar surface area (TPSA) is 51.0 Å². The molecule has 2 atom stereocenters. The van der Waals surface area contributed by atoms with Gasteiger partial charge in [0.1, 0.15) is 6.04 Å². The summed E-state index contributed by atoms with van der Waals surface area (Å²) in [7, 11) is 0. The van der Waals surface area contributed by atoms with Crippen LogP contribution in [0.5, 0.6) is 0 Å². The lowest BCUT2D eigenvalue weighted by molar-refractivity contribution is -0.135. The van der Waals surface area contributed by atoms with E-state index >= 15 is 0 Å². The van der Waals surface area contributed by atoms with Gasteiger partial charge in [0.15, 0.2) is 0 Å². The summed E-state index contributed by atoms with van der Waals surface area (Å²) in [4.78, 5) is 22.9. The van der Waals surface area contributed by atoms with Crippen LogP contribution in [0.4, 0.5) is 0 Å². The van der Waals surface area contributed by atoms with Gasteiger partial charge in [0.2, 0.25) is 5.91 Å². The largest absolute Gasteiger partial charge is 0.340 e. The Bertz CT molecular complexity index is 552. The van der Waals surface area contributed by atoms with Crippen LogP contribution in [0, 0.1) is 0 Å². The monoisotopic (exact) mass is 290 g/mol. The summed E-state index contributed by atoms with van der Waals surface area (Å²) in [6.07, 6.45) is 9.26. The number of amides is 1. The van der Waals surface area contributed by atoms with Gasteiger partial charge in [0, 0.05) is 43.0 Å². The molecule has 5 nitrogen and oxygen atoms in total. The second-order valence-electron chi connectivity index (χ2n) is 5.18. The molecule has 1 fully saturated rings. The van der Waals surface area contributed by atoms with Gasteiger partial charge in [0.05, 0.1) is 11.3 Å². The van der Waals surface area contributed by atoms with Crippen molar-refractivity contribution in [3.63, 3.8) is 0 Å². The number of hydrogen-bond donors (Lipinski definition) is 0. The fourth-order valence-electron chi connectivity index (χ4n) is 2.71. The average Bonchev–Trinajstić information content (AvgIpc) is 3.18. The molecule has 1 aliphatic rings. The van der Waals surface area contributed by atoms with Crippen molar-refractivity contribution in [2.75, 3.05) is 13.1 Å². The Morgan fingerprint density at radius 3 is 3.10 bits per heavy atom. The van der Waals surface area contributed by atoms with Gasteiger partial charge in [0.25, 0.3) is 0 Å². The number of aromatic nitrogens is 3. The van der Waals surface area contributed by atoms with Gasteiger partial charge >= 0.3 is 0 Å². The number of rotatable bonds is 3. The van der Waals surface area contributed by atoms with E-state index < -0.39 is 0 Å². The zero-order valence-electron chi connectivity index (χ0n) is 11.5. The van der Waals surface area contributed by atoms with Crippen LogP contribution >= 0.6 is 11.3 Å². The highest BCUT2D eigenvalue weighted by Crippen LogP contribution is 2.29. The van der Waals surface area contributed by atoms with Gasteiger partial charge in [-0.2, -0.15) is 0 Å². The molecule has 6 heteroatoms. The molecule has 0 bridgehead atoms. The number of imidazole rings is 1. The Kier molecular flexibility index (Phi) is 3.82. The maximum absolute atomic E-state index is 12.6. The lowest BCUT2D eigenvalue weighted by atomic mass is 9.98. The Labute approximate surface area is 122 Å². The zero-order chi connectivity index (χ0) is 13.9. The van der Waals surface area contributed by atoms with Crippen LogP contribution in [-0.2, 0) is 4.79 Å². The molecule has 3 heterocycles. The van der Waals surface area contributed by atoms with E-state index in [1.54, 1.807) is 23.9 Å². The zero-order valence-corrected chi connectivity index (χ0v) is 12.3. The van der Waals surface area contributed by atoms with Crippen LogP contribution in [0.1, 0.15) is 36.7 Å². The maximum Gasteiger partial charge on any atom is 0.245 e. The van der Waals surface area contributed by atoms with Gasteiger partial charge in [-0.15, -0.1) is 11.3 Å². The van der Waals surface area contributed by atoms with Gasteiger partial charge in [-0.3, -0.25) is 4.79 Å². The molecule has 0 radical (unpaired) electrons. The first-order valence-electron chi connectivity index (χ1n) is 6.91. The molecule has 2 aromatic heterocycles. The number of hydrogen-bond acceptors (Lipinski definition) is 4. The van der Waals surface area contributed by atoms with E-state index in [0.29, 0.717) is 5.92 Å². The first kappa shape index (κ1) is 13.3. The predicted octanol–water partition coefficient (Wildman–Crippen LogP) is 2.31. The van der Waals surface area contributed by atoms with Crippen molar-refractivity contribution in [1.82, 2.24) is 19.4 Å². The van der Waals surface area contributed by atoms with Crippen LogP contribution in [0.3, 0.4) is 0 Å². The first-order valence-corrected chi connectivity index (χ1v) is 7.79. The van der Waals surface area contributed by atoms with Crippen molar-refractivity contribution in [1.29, 1.82) is 0 Å². The molecule has 1 saturated heterocycles. The molecule has 2 unspecified atom stereocenters. The Morgan fingerprint density at radius 1 is 1.50 bits per heavy atom. The second-order valence-corrected chi connectivity index (χ2v) is 6.11. The van der Waals surface area contributed by atoms with Crippen LogP contribution in [0.15, 0.2) is 30.3 Å². The number of carbonyl (C=O) groups is 1. The number of carbonyl (C=O) groups excluding carboxylic acids is 1. The lowest BCUT2D eigenvalue weighted by Gasteiger charge is -2.33.